The van der Waals surface area contributed by atoms with Crippen LogP contribution in [0.25, 0.3) is 0 Å². The average Bonchev–Trinajstić information content (AvgIpc) is 2.54. The van der Waals surface area contributed by atoms with Gasteiger partial charge in [0.1, 0.15) is 0 Å². The number of hydrogen-bond acceptors (Lipinski definition) is 5. The van der Waals surface area contributed by atoms with Crippen molar-refractivity contribution in [3.63, 3.8) is 0 Å². The predicted octanol–water partition coefficient (Wildman–Crippen LogP) is 0.514. The van der Waals surface area contributed by atoms with Crippen LogP contribution in [0.15, 0.2) is 18.2 Å². The first-order valence-corrected chi connectivity index (χ1v) is 6.47. The summed E-state index contributed by atoms with van der Waals surface area (Å²) in [5, 5.41) is 2.41. The van der Waals surface area contributed by atoms with E-state index in [4.69, 9.17) is 4.74 Å². The smallest absolute Gasteiger partial charge is 0.339 e. The van der Waals surface area contributed by atoms with Crippen molar-refractivity contribution in [3.05, 3.63) is 29.3 Å². The molecule has 1 fully saturated rings. The van der Waals surface area contributed by atoms with Gasteiger partial charge in [-0.2, -0.15) is 0 Å². The number of carbonyl (C=O) groups excluding carboxylic acids is 3. The van der Waals surface area contributed by atoms with Gasteiger partial charge in [0, 0.05) is 18.7 Å². The number of methoxy groups -OCH3 is 1. The molecule has 0 aromatic heterocycles. The van der Waals surface area contributed by atoms with Gasteiger partial charge in [0.05, 0.1) is 31.6 Å². The highest BCUT2D eigenvalue weighted by atomic mass is 16.5. The fourth-order valence-corrected chi connectivity index (χ4v) is 2.10. The SMILES string of the molecule is COC(=O)c1ccc(C(=O)N2CCOCC2)cc1NC=O. The van der Waals surface area contributed by atoms with Crippen LogP contribution in [0.4, 0.5) is 5.69 Å². The van der Waals surface area contributed by atoms with Gasteiger partial charge in [-0.1, -0.05) is 0 Å². The van der Waals surface area contributed by atoms with Crippen LogP contribution >= 0.6 is 0 Å². The van der Waals surface area contributed by atoms with Crippen molar-refractivity contribution in [1.29, 1.82) is 0 Å². The Bertz CT molecular complexity index is 552. The first-order valence-electron chi connectivity index (χ1n) is 6.47. The quantitative estimate of drug-likeness (QED) is 0.646. The number of anilines is 1. The van der Waals surface area contributed by atoms with Gasteiger partial charge < -0.3 is 19.7 Å². The third-order valence-electron chi connectivity index (χ3n) is 3.18. The van der Waals surface area contributed by atoms with Crippen LogP contribution in [0.2, 0.25) is 0 Å². The summed E-state index contributed by atoms with van der Waals surface area (Å²) < 4.78 is 9.83. The lowest BCUT2D eigenvalue weighted by molar-refractivity contribution is -0.105. The number of ether oxygens (including phenoxy) is 2. The van der Waals surface area contributed by atoms with E-state index in [-0.39, 0.29) is 17.2 Å². The molecule has 21 heavy (non-hydrogen) atoms. The Morgan fingerprint density at radius 2 is 2.05 bits per heavy atom. The highest BCUT2D eigenvalue weighted by Gasteiger charge is 2.20. The van der Waals surface area contributed by atoms with Gasteiger partial charge in [0.15, 0.2) is 0 Å². The number of morpholine rings is 1. The zero-order valence-electron chi connectivity index (χ0n) is 11.6. The molecule has 2 amide bonds. The summed E-state index contributed by atoms with van der Waals surface area (Å²) in [5.74, 6) is -0.742. The lowest BCUT2D eigenvalue weighted by atomic mass is 10.1. The van der Waals surface area contributed by atoms with Gasteiger partial charge in [-0.25, -0.2) is 4.79 Å². The van der Waals surface area contributed by atoms with Crippen LogP contribution in [0.3, 0.4) is 0 Å². The fraction of sp³-hybridized carbons (Fsp3) is 0.357. The Hall–Kier alpha value is -2.41. The van der Waals surface area contributed by atoms with Crippen LogP contribution in [-0.4, -0.2) is 56.6 Å². The molecule has 1 aliphatic heterocycles. The van der Waals surface area contributed by atoms with E-state index in [1.165, 1.54) is 19.2 Å². The number of nitrogens with one attached hydrogen (secondary N) is 1. The van der Waals surface area contributed by atoms with Crippen LogP contribution in [-0.2, 0) is 14.3 Å². The van der Waals surface area contributed by atoms with E-state index in [2.05, 4.69) is 10.1 Å². The molecular weight excluding hydrogens is 276 g/mol. The highest BCUT2D eigenvalue weighted by Crippen LogP contribution is 2.20. The van der Waals surface area contributed by atoms with E-state index in [1.54, 1.807) is 11.0 Å². The van der Waals surface area contributed by atoms with Crippen molar-refractivity contribution >= 4 is 24.0 Å². The molecule has 1 saturated heterocycles. The molecule has 0 spiro atoms. The summed E-state index contributed by atoms with van der Waals surface area (Å²) in [4.78, 5) is 36.3. The van der Waals surface area contributed by atoms with Crippen molar-refractivity contribution in [3.8, 4) is 0 Å². The minimum atomic E-state index is -0.579. The third-order valence-corrected chi connectivity index (χ3v) is 3.18. The Morgan fingerprint density at radius 1 is 1.33 bits per heavy atom. The van der Waals surface area contributed by atoms with Crippen LogP contribution in [0, 0.1) is 0 Å². The number of nitrogens with zero attached hydrogens (tertiary/aromatic N) is 1. The maximum atomic E-state index is 12.3. The molecule has 1 heterocycles. The molecule has 1 aromatic rings. The standard InChI is InChI=1S/C14H16N2O5/c1-20-14(19)11-3-2-10(8-12(11)15-9-17)13(18)16-4-6-21-7-5-16/h2-3,8-9H,4-7H2,1H3,(H,15,17). The van der Waals surface area contributed by atoms with Crippen LogP contribution in [0.5, 0.6) is 0 Å². The molecule has 7 heteroatoms. The van der Waals surface area contributed by atoms with Crippen molar-refractivity contribution in [2.45, 2.75) is 0 Å². The van der Waals surface area contributed by atoms with Crippen LogP contribution < -0.4 is 5.32 Å². The first-order chi connectivity index (χ1) is 10.2. The molecular formula is C14H16N2O5. The maximum Gasteiger partial charge on any atom is 0.339 e. The minimum absolute atomic E-state index is 0.163. The Morgan fingerprint density at radius 3 is 2.67 bits per heavy atom. The predicted molar refractivity (Wildman–Crippen MR) is 74.2 cm³/mol. The number of rotatable bonds is 4. The van der Waals surface area contributed by atoms with Gasteiger partial charge in [0.2, 0.25) is 6.41 Å². The summed E-state index contributed by atoms with van der Waals surface area (Å²) >= 11 is 0. The normalized spacial score (nSPS) is 14.4. The summed E-state index contributed by atoms with van der Waals surface area (Å²) in [6, 6.07) is 4.48. The fourth-order valence-electron chi connectivity index (χ4n) is 2.10. The van der Waals surface area contributed by atoms with E-state index in [1.807, 2.05) is 0 Å². The monoisotopic (exact) mass is 292 g/mol. The summed E-state index contributed by atoms with van der Waals surface area (Å²) in [6.07, 6.45) is 0.449. The molecule has 112 valence electrons. The molecule has 0 aliphatic carbocycles. The van der Waals surface area contributed by atoms with Gasteiger partial charge in [-0.15, -0.1) is 0 Å². The number of hydrogen-bond donors (Lipinski definition) is 1. The maximum absolute atomic E-state index is 12.3. The second kappa shape index (κ2) is 6.85. The van der Waals surface area contributed by atoms with Crippen molar-refractivity contribution in [2.75, 3.05) is 38.7 Å². The zero-order valence-corrected chi connectivity index (χ0v) is 11.6. The van der Waals surface area contributed by atoms with Gasteiger partial charge in [0.25, 0.3) is 5.91 Å². The Labute approximate surface area is 121 Å². The number of amides is 2. The third kappa shape index (κ3) is 3.38. The lowest BCUT2D eigenvalue weighted by Crippen LogP contribution is -2.40. The van der Waals surface area contributed by atoms with Crippen molar-refractivity contribution < 1.29 is 23.9 Å². The van der Waals surface area contributed by atoms with Gasteiger partial charge in [-0.3, -0.25) is 9.59 Å². The molecule has 0 saturated carbocycles. The molecule has 2 rings (SSSR count). The lowest BCUT2D eigenvalue weighted by Gasteiger charge is -2.27. The Balaban J connectivity index is 2.28. The molecule has 7 nitrogen and oxygen atoms in total. The van der Waals surface area contributed by atoms with Gasteiger partial charge in [-0.05, 0) is 18.2 Å². The molecule has 1 aliphatic rings. The number of benzene rings is 1. The summed E-state index contributed by atoms with van der Waals surface area (Å²) in [6.45, 7) is 2.05. The van der Waals surface area contributed by atoms with E-state index >= 15 is 0 Å². The second-order valence-corrected chi connectivity index (χ2v) is 4.42. The van der Waals surface area contributed by atoms with Crippen molar-refractivity contribution in [2.24, 2.45) is 0 Å². The Kier molecular flexibility index (Phi) is 4.89. The van der Waals surface area contributed by atoms with Gasteiger partial charge >= 0.3 is 5.97 Å². The first kappa shape index (κ1) is 15.0. The number of carbonyl (C=O) groups is 3. The van der Waals surface area contributed by atoms with E-state index in [9.17, 15) is 14.4 Å². The minimum Gasteiger partial charge on any atom is -0.465 e. The molecule has 0 unspecified atom stereocenters. The molecule has 1 N–H and O–H groups in total. The van der Waals surface area contributed by atoms with Crippen molar-refractivity contribution in [1.82, 2.24) is 4.90 Å². The van der Waals surface area contributed by atoms with Crippen LogP contribution in [0.1, 0.15) is 20.7 Å². The molecule has 0 atom stereocenters. The summed E-state index contributed by atoms with van der Waals surface area (Å²) in [5.41, 5.74) is 0.841. The second-order valence-electron chi connectivity index (χ2n) is 4.42. The molecule has 1 aromatic carbocycles. The topological polar surface area (TPSA) is 84.9 Å². The highest BCUT2D eigenvalue weighted by molar-refractivity contribution is 6.02. The number of esters is 1. The zero-order chi connectivity index (χ0) is 15.2. The molecule has 0 radical (unpaired) electrons. The van der Waals surface area contributed by atoms with E-state index < -0.39 is 5.97 Å². The summed E-state index contributed by atoms with van der Waals surface area (Å²) in [7, 11) is 1.25. The molecule has 0 bridgehead atoms. The largest absolute Gasteiger partial charge is 0.465 e. The average molecular weight is 292 g/mol. The van der Waals surface area contributed by atoms with E-state index in [0.717, 1.165) is 0 Å². The van der Waals surface area contributed by atoms with E-state index in [0.29, 0.717) is 38.3 Å².